The summed E-state index contributed by atoms with van der Waals surface area (Å²) < 4.78 is 104. The summed E-state index contributed by atoms with van der Waals surface area (Å²) in [5, 5.41) is 4.40. The second-order valence-electron chi connectivity index (χ2n) is 4.03. The number of hydrogen-bond acceptors (Lipinski definition) is 2. The molecule has 0 radical (unpaired) electrons. The second kappa shape index (κ2) is 5.21. The summed E-state index contributed by atoms with van der Waals surface area (Å²) in [4.78, 5) is 9.11. The van der Waals surface area contributed by atoms with E-state index in [9.17, 15) is 45.2 Å². The summed E-state index contributed by atoms with van der Waals surface area (Å²) in [7, 11) is 0. The Hall–Kier alpha value is -1.65. The maximum Gasteiger partial charge on any atom is 0.393 e. The van der Waals surface area contributed by atoms with Crippen molar-refractivity contribution in [3.8, 4) is 0 Å². The van der Waals surface area contributed by atoms with Crippen LogP contribution in [-0.4, -0.2) is 22.2 Å². The Bertz CT molecular complexity index is 587. The molecule has 0 aliphatic carbocycles. The Balaban J connectivity index is 3.45. The van der Waals surface area contributed by atoms with Crippen molar-refractivity contribution in [3.05, 3.63) is 39.9 Å². The SMILES string of the molecule is O=[N+]([O-])c1cccc(C(F)(F)C(F)(F)C(F)(F)C(F)(F)Cl)c1. The number of halogens is 9. The van der Waals surface area contributed by atoms with Crippen molar-refractivity contribution < 1.29 is 40.0 Å². The minimum absolute atomic E-state index is 0.129. The van der Waals surface area contributed by atoms with Crippen molar-refractivity contribution in [1.82, 2.24) is 0 Å². The highest BCUT2D eigenvalue weighted by Crippen LogP contribution is 2.57. The van der Waals surface area contributed by atoms with Crippen LogP contribution in [0.4, 0.5) is 40.8 Å². The summed E-state index contributed by atoms with van der Waals surface area (Å²) >= 11 is 3.78. The topological polar surface area (TPSA) is 43.1 Å². The van der Waals surface area contributed by atoms with Crippen LogP contribution in [0.2, 0.25) is 0 Å². The molecule has 12 heteroatoms. The standard InChI is InChI=1S/C10H4ClF8NO2/c11-10(18,19)9(16,17)8(14,15)7(12,13)5-2-1-3-6(4-5)20(21)22/h1-4H. The number of nitrogens with zero attached hydrogens (tertiary/aromatic N) is 1. The van der Waals surface area contributed by atoms with Crippen LogP contribution in [-0.2, 0) is 5.92 Å². The molecule has 0 aromatic heterocycles. The fraction of sp³-hybridized carbons (Fsp3) is 0.400. The number of non-ortho nitro benzene ring substituents is 1. The van der Waals surface area contributed by atoms with E-state index in [0.717, 1.165) is 0 Å². The van der Waals surface area contributed by atoms with Crippen LogP contribution in [0.15, 0.2) is 24.3 Å². The molecular formula is C10H4ClF8NO2. The minimum Gasteiger partial charge on any atom is -0.258 e. The van der Waals surface area contributed by atoms with Gasteiger partial charge in [0, 0.05) is 17.7 Å². The molecule has 0 bridgehead atoms. The Labute approximate surface area is 121 Å². The molecule has 0 atom stereocenters. The van der Waals surface area contributed by atoms with Crippen LogP contribution in [0.25, 0.3) is 0 Å². The maximum absolute atomic E-state index is 13.6. The predicted molar refractivity (Wildman–Crippen MR) is 57.7 cm³/mol. The van der Waals surface area contributed by atoms with Gasteiger partial charge in [-0.15, -0.1) is 0 Å². The monoisotopic (exact) mass is 357 g/mol. The molecule has 0 aliphatic rings. The smallest absolute Gasteiger partial charge is 0.258 e. The summed E-state index contributed by atoms with van der Waals surface area (Å²) in [5.41, 5.74) is -3.05. The third-order valence-electron chi connectivity index (χ3n) is 2.56. The predicted octanol–water partition coefficient (Wildman–Crippen LogP) is 4.79. The summed E-state index contributed by atoms with van der Waals surface area (Å²) in [6, 6.07) is 1.15. The molecule has 0 N–H and O–H groups in total. The molecule has 124 valence electrons. The summed E-state index contributed by atoms with van der Waals surface area (Å²) in [5.74, 6) is -19.1. The third-order valence-corrected chi connectivity index (χ3v) is 2.80. The number of nitro benzene ring substituents is 1. The zero-order chi connectivity index (χ0) is 17.6. The molecule has 0 heterocycles. The van der Waals surface area contributed by atoms with Crippen LogP contribution in [0.5, 0.6) is 0 Å². The molecule has 3 nitrogen and oxygen atoms in total. The van der Waals surface area contributed by atoms with Gasteiger partial charge in [-0.1, -0.05) is 12.1 Å². The van der Waals surface area contributed by atoms with E-state index >= 15 is 0 Å². The zero-order valence-electron chi connectivity index (χ0n) is 9.97. The molecule has 0 fully saturated rings. The molecule has 0 saturated carbocycles. The van der Waals surface area contributed by atoms with Gasteiger partial charge < -0.3 is 0 Å². The second-order valence-corrected chi connectivity index (χ2v) is 4.50. The highest BCUT2D eigenvalue weighted by atomic mass is 35.5. The van der Waals surface area contributed by atoms with Crippen molar-refractivity contribution in [1.29, 1.82) is 0 Å². The molecule has 0 spiro atoms. The van der Waals surface area contributed by atoms with Crippen molar-refractivity contribution >= 4 is 17.3 Å². The Morgan fingerprint density at radius 1 is 0.955 bits per heavy atom. The average molecular weight is 358 g/mol. The van der Waals surface area contributed by atoms with Gasteiger partial charge in [-0.2, -0.15) is 35.1 Å². The van der Waals surface area contributed by atoms with E-state index in [1.807, 2.05) is 0 Å². The first kappa shape index (κ1) is 18.4. The molecule has 1 aromatic carbocycles. The molecule has 1 aromatic rings. The van der Waals surface area contributed by atoms with Crippen LogP contribution in [0.3, 0.4) is 0 Å². The van der Waals surface area contributed by atoms with Crippen LogP contribution in [0, 0.1) is 10.1 Å². The first-order valence-electron chi connectivity index (χ1n) is 5.11. The van der Waals surface area contributed by atoms with Gasteiger partial charge in [-0.25, -0.2) is 0 Å². The molecule has 22 heavy (non-hydrogen) atoms. The molecule has 0 unspecified atom stereocenters. The van der Waals surface area contributed by atoms with Crippen molar-refractivity contribution in [2.24, 2.45) is 0 Å². The van der Waals surface area contributed by atoms with E-state index in [1.165, 1.54) is 0 Å². The normalized spacial score (nSPS) is 14.0. The fourth-order valence-corrected chi connectivity index (χ4v) is 1.49. The Morgan fingerprint density at radius 3 is 1.86 bits per heavy atom. The first-order valence-corrected chi connectivity index (χ1v) is 5.49. The molecule has 0 amide bonds. The lowest BCUT2D eigenvalue weighted by atomic mass is 9.97. The quantitative estimate of drug-likeness (QED) is 0.329. The van der Waals surface area contributed by atoms with E-state index in [2.05, 4.69) is 11.6 Å². The number of nitro groups is 1. The van der Waals surface area contributed by atoms with E-state index < -0.39 is 39.3 Å². The van der Waals surface area contributed by atoms with E-state index in [1.54, 1.807) is 0 Å². The fourth-order valence-electron chi connectivity index (χ4n) is 1.37. The largest absolute Gasteiger partial charge is 0.393 e. The van der Waals surface area contributed by atoms with Crippen molar-refractivity contribution in [2.75, 3.05) is 0 Å². The zero-order valence-corrected chi connectivity index (χ0v) is 10.7. The summed E-state index contributed by atoms with van der Waals surface area (Å²) in [6.45, 7) is 0. The first-order chi connectivity index (χ1) is 9.66. The molecule has 0 aliphatic heterocycles. The molecule has 1 rings (SSSR count). The van der Waals surface area contributed by atoms with E-state index in [4.69, 9.17) is 0 Å². The van der Waals surface area contributed by atoms with Gasteiger partial charge in [0.05, 0.1) is 4.92 Å². The van der Waals surface area contributed by atoms with Gasteiger partial charge >= 0.3 is 23.1 Å². The van der Waals surface area contributed by atoms with Gasteiger partial charge in [-0.05, 0) is 11.6 Å². The number of rotatable bonds is 5. The van der Waals surface area contributed by atoms with Gasteiger partial charge in [0.15, 0.2) is 0 Å². The minimum atomic E-state index is -6.62. The molecular weight excluding hydrogens is 354 g/mol. The Kier molecular flexibility index (Phi) is 4.36. The number of hydrogen-bond donors (Lipinski definition) is 0. The lowest BCUT2D eigenvalue weighted by molar-refractivity contribution is -0.385. The van der Waals surface area contributed by atoms with Gasteiger partial charge in [-0.3, -0.25) is 10.1 Å². The highest BCUT2D eigenvalue weighted by Gasteiger charge is 2.80. The van der Waals surface area contributed by atoms with Crippen LogP contribution >= 0.6 is 11.6 Å². The van der Waals surface area contributed by atoms with Crippen molar-refractivity contribution in [3.63, 3.8) is 0 Å². The number of alkyl halides is 9. The lowest BCUT2D eigenvalue weighted by Gasteiger charge is -2.34. The third kappa shape index (κ3) is 2.69. The van der Waals surface area contributed by atoms with Gasteiger partial charge in [0.25, 0.3) is 5.69 Å². The lowest BCUT2D eigenvalue weighted by Crippen LogP contribution is -2.59. The van der Waals surface area contributed by atoms with Gasteiger partial charge in [0.2, 0.25) is 0 Å². The van der Waals surface area contributed by atoms with Crippen LogP contribution in [0.1, 0.15) is 5.56 Å². The van der Waals surface area contributed by atoms with Crippen molar-refractivity contribution in [2.45, 2.75) is 23.1 Å². The molecule has 0 saturated heterocycles. The van der Waals surface area contributed by atoms with E-state index in [-0.39, 0.29) is 12.1 Å². The summed E-state index contributed by atoms with van der Waals surface area (Å²) in [6.07, 6.45) is 0. The average Bonchev–Trinajstić information content (AvgIpc) is 2.37. The number of benzene rings is 1. The van der Waals surface area contributed by atoms with Gasteiger partial charge in [0.1, 0.15) is 0 Å². The maximum atomic E-state index is 13.6. The highest BCUT2D eigenvalue weighted by molar-refractivity contribution is 6.22. The van der Waals surface area contributed by atoms with Crippen LogP contribution < -0.4 is 0 Å². The van der Waals surface area contributed by atoms with E-state index in [0.29, 0.717) is 12.1 Å². The Morgan fingerprint density at radius 2 is 1.45 bits per heavy atom.